The van der Waals surface area contributed by atoms with Gasteiger partial charge >= 0.3 is 0 Å². The zero-order chi connectivity index (χ0) is 8.39. The maximum Gasteiger partial charge on any atom is 0.135 e. The summed E-state index contributed by atoms with van der Waals surface area (Å²) in [5, 5.41) is 9.74. The number of thiazole rings is 2. The lowest BCUT2D eigenvalue weighted by atomic mass is 10.6. The predicted octanol–water partition coefficient (Wildman–Crippen LogP) is 1.76. The molecule has 2 aromatic rings. The topological polar surface area (TPSA) is 46.0 Å². The average Bonchev–Trinajstić information content (AvgIpc) is 2.75. The van der Waals surface area contributed by atoms with E-state index in [0.717, 1.165) is 14.8 Å². The largest absolute Gasteiger partial charge is 0.391 e. The van der Waals surface area contributed by atoms with Gasteiger partial charge in [-0.3, -0.25) is 4.98 Å². The first kappa shape index (κ1) is 7.85. The normalized spacial score (nSPS) is 10.4. The van der Waals surface area contributed by atoms with E-state index in [0.29, 0.717) is 0 Å². The summed E-state index contributed by atoms with van der Waals surface area (Å²) in [6, 6.07) is 0. The molecule has 0 saturated heterocycles. The zero-order valence-corrected chi connectivity index (χ0v) is 7.73. The van der Waals surface area contributed by atoms with Crippen molar-refractivity contribution in [2.24, 2.45) is 0 Å². The summed E-state index contributed by atoms with van der Waals surface area (Å²) in [6.07, 6.45) is 3.48. The molecule has 2 heterocycles. The second-order valence-electron chi connectivity index (χ2n) is 2.16. The van der Waals surface area contributed by atoms with Gasteiger partial charge in [0.15, 0.2) is 0 Å². The van der Waals surface area contributed by atoms with Gasteiger partial charge in [0.1, 0.15) is 5.01 Å². The zero-order valence-electron chi connectivity index (χ0n) is 6.10. The number of aliphatic hydroxyl groups is 1. The molecule has 0 atom stereocenters. The molecule has 62 valence electrons. The van der Waals surface area contributed by atoms with Crippen LogP contribution in [0.25, 0.3) is 9.88 Å². The van der Waals surface area contributed by atoms with Crippen LogP contribution in [0.3, 0.4) is 0 Å². The fraction of sp³-hybridized carbons (Fsp3) is 0.143. The van der Waals surface area contributed by atoms with E-state index in [2.05, 4.69) is 9.97 Å². The molecule has 0 bridgehead atoms. The van der Waals surface area contributed by atoms with E-state index in [-0.39, 0.29) is 6.61 Å². The molecule has 0 aliphatic heterocycles. The monoisotopic (exact) mass is 198 g/mol. The third-order valence-corrected chi connectivity index (χ3v) is 3.28. The van der Waals surface area contributed by atoms with E-state index < -0.39 is 0 Å². The van der Waals surface area contributed by atoms with Crippen LogP contribution in [0, 0.1) is 0 Å². The van der Waals surface area contributed by atoms with Crippen LogP contribution < -0.4 is 0 Å². The Morgan fingerprint density at radius 2 is 2.33 bits per heavy atom. The minimum Gasteiger partial charge on any atom is -0.391 e. The number of nitrogens with zero attached hydrogens (tertiary/aromatic N) is 2. The van der Waals surface area contributed by atoms with Crippen molar-refractivity contribution in [1.29, 1.82) is 0 Å². The Kier molecular flexibility index (Phi) is 2.16. The summed E-state index contributed by atoms with van der Waals surface area (Å²) in [7, 11) is 0. The number of rotatable bonds is 2. The SMILES string of the molecule is OCc1cnc(-c2cncs2)s1. The summed E-state index contributed by atoms with van der Waals surface area (Å²) >= 11 is 3.05. The van der Waals surface area contributed by atoms with E-state index in [4.69, 9.17) is 5.11 Å². The molecule has 0 unspecified atom stereocenters. The standard InChI is InChI=1S/C7H6N2OS2/c10-3-5-1-9-7(12-5)6-2-8-4-11-6/h1-2,4,10H,3H2. The summed E-state index contributed by atoms with van der Waals surface area (Å²) in [5.74, 6) is 0. The Hall–Kier alpha value is -0.780. The Bertz CT molecular complexity index is 355. The Morgan fingerprint density at radius 3 is 2.92 bits per heavy atom. The molecule has 3 nitrogen and oxygen atoms in total. The van der Waals surface area contributed by atoms with Crippen LogP contribution in [-0.2, 0) is 6.61 Å². The number of aromatic nitrogens is 2. The Morgan fingerprint density at radius 1 is 1.42 bits per heavy atom. The Labute approximate surface area is 77.4 Å². The summed E-state index contributed by atoms with van der Waals surface area (Å²) < 4.78 is 0. The predicted molar refractivity (Wildman–Crippen MR) is 49.1 cm³/mol. The van der Waals surface area contributed by atoms with Crippen molar-refractivity contribution >= 4 is 22.7 Å². The van der Waals surface area contributed by atoms with Crippen molar-refractivity contribution in [3.63, 3.8) is 0 Å². The van der Waals surface area contributed by atoms with E-state index in [1.807, 2.05) is 0 Å². The highest BCUT2D eigenvalue weighted by Gasteiger charge is 2.04. The number of hydrogen-bond donors (Lipinski definition) is 1. The molecule has 5 heteroatoms. The first-order valence-electron chi connectivity index (χ1n) is 3.34. The first-order chi connectivity index (χ1) is 5.90. The van der Waals surface area contributed by atoms with E-state index in [1.165, 1.54) is 11.3 Å². The van der Waals surface area contributed by atoms with Crippen molar-refractivity contribution in [3.05, 3.63) is 22.8 Å². The molecule has 0 amide bonds. The van der Waals surface area contributed by atoms with Crippen molar-refractivity contribution in [3.8, 4) is 9.88 Å². The molecular formula is C7H6N2OS2. The van der Waals surface area contributed by atoms with Crippen LogP contribution in [0.15, 0.2) is 17.9 Å². The second kappa shape index (κ2) is 3.30. The van der Waals surface area contributed by atoms with Crippen LogP contribution in [0.5, 0.6) is 0 Å². The fourth-order valence-electron chi connectivity index (χ4n) is 0.816. The van der Waals surface area contributed by atoms with Crippen LogP contribution in [0.1, 0.15) is 4.88 Å². The summed E-state index contributed by atoms with van der Waals surface area (Å²) in [6.45, 7) is 0.0659. The maximum atomic E-state index is 8.81. The van der Waals surface area contributed by atoms with Gasteiger partial charge in [-0.2, -0.15) is 0 Å². The highest BCUT2D eigenvalue weighted by Crippen LogP contribution is 2.27. The quantitative estimate of drug-likeness (QED) is 0.799. The third-order valence-electron chi connectivity index (χ3n) is 1.35. The molecule has 0 aromatic carbocycles. The summed E-state index contributed by atoms with van der Waals surface area (Å²) in [4.78, 5) is 10.1. The average molecular weight is 198 g/mol. The Balaban J connectivity index is 2.35. The second-order valence-corrected chi connectivity index (χ2v) is 4.16. The smallest absolute Gasteiger partial charge is 0.135 e. The van der Waals surface area contributed by atoms with Crippen molar-refractivity contribution in [2.75, 3.05) is 0 Å². The van der Waals surface area contributed by atoms with E-state index >= 15 is 0 Å². The van der Waals surface area contributed by atoms with Gasteiger partial charge in [-0.05, 0) is 0 Å². The lowest BCUT2D eigenvalue weighted by Crippen LogP contribution is -1.70. The molecule has 0 saturated carbocycles. The fourth-order valence-corrected chi connectivity index (χ4v) is 2.27. The van der Waals surface area contributed by atoms with Crippen LogP contribution in [-0.4, -0.2) is 15.1 Å². The third kappa shape index (κ3) is 1.38. The minimum atomic E-state index is 0.0659. The van der Waals surface area contributed by atoms with Gasteiger partial charge in [0.25, 0.3) is 0 Å². The lowest BCUT2D eigenvalue weighted by molar-refractivity contribution is 0.285. The minimum absolute atomic E-state index is 0.0659. The highest BCUT2D eigenvalue weighted by atomic mass is 32.1. The molecule has 12 heavy (non-hydrogen) atoms. The molecule has 0 radical (unpaired) electrons. The van der Waals surface area contributed by atoms with Crippen molar-refractivity contribution < 1.29 is 5.11 Å². The molecule has 2 aromatic heterocycles. The van der Waals surface area contributed by atoms with Gasteiger partial charge in [-0.25, -0.2) is 4.98 Å². The van der Waals surface area contributed by atoms with Gasteiger partial charge < -0.3 is 5.11 Å². The van der Waals surface area contributed by atoms with Gasteiger partial charge in [0, 0.05) is 12.4 Å². The lowest BCUT2D eigenvalue weighted by Gasteiger charge is -1.84. The maximum absolute atomic E-state index is 8.81. The first-order valence-corrected chi connectivity index (χ1v) is 5.04. The van der Waals surface area contributed by atoms with E-state index in [9.17, 15) is 0 Å². The van der Waals surface area contributed by atoms with Crippen molar-refractivity contribution in [2.45, 2.75) is 6.61 Å². The van der Waals surface area contributed by atoms with E-state index in [1.54, 1.807) is 29.2 Å². The molecule has 0 spiro atoms. The van der Waals surface area contributed by atoms with Gasteiger partial charge in [0.2, 0.25) is 0 Å². The number of hydrogen-bond acceptors (Lipinski definition) is 5. The highest BCUT2D eigenvalue weighted by molar-refractivity contribution is 7.20. The molecule has 0 aliphatic rings. The van der Waals surface area contributed by atoms with Crippen LogP contribution in [0.4, 0.5) is 0 Å². The van der Waals surface area contributed by atoms with Gasteiger partial charge in [0.05, 0.1) is 21.9 Å². The van der Waals surface area contributed by atoms with Crippen molar-refractivity contribution in [1.82, 2.24) is 9.97 Å². The van der Waals surface area contributed by atoms with Gasteiger partial charge in [-0.15, -0.1) is 22.7 Å². The van der Waals surface area contributed by atoms with Crippen LogP contribution in [0.2, 0.25) is 0 Å². The van der Waals surface area contributed by atoms with Crippen LogP contribution >= 0.6 is 22.7 Å². The van der Waals surface area contributed by atoms with Gasteiger partial charge in [-0.1, -0.05) is 0 Å². The summed E-state index contributed by atoms with van der Waals surface area (Å²) in [5.41, 5.74) is 1.77. The molecule has 2 rings (SSSR count). The molecule has 0 aliphatic carbocycles. The molecule has 0 fully saturated rings. The molecule has 1 N–H and O–H groups in total. The number of aliphatic hydroxyl groups excluding tert-OH is 1. The molecular weight excluding hydrogens is 192 g/mol.